The zero-order valence-corrected chi connectivity index (χ0v) is 10.3. The summed E-state index contributed by atoms with van der Waals surface area (Å²) in [5.41, 5.74) is 5.61. The number of nitrogens with two attached hydrogens (primary N) is 1. The smallest absolute Gasteiger partial charge is 0.149 e. The molecule has 0 aliphatic carbocycles. The first-order valence-corrected chi connectivity index (χ1v) is 6.16. The number of rotatable bonds is 4. The number of aromatic nitrogens is 2. The molecule has 1 aromatic rings. The first kappa shape index (κ1) is 12.1. The van der Waals surface area contributed by atoms with Crippen LogP contribution in [0.5, 0.6) is 0 Å². The topological polar surface area (TPSA) is 64.3 Å². The maximum absolute atomic E-state index is 5.70. The van der Waals surface area contributed by atoms with Crippen molar-refractivity contribution >= 4 is 11.6 Å². The number of hydrogen-bond acceptors (Lipinski definition) is 5. The monoisotopic (exact) mass is 236 g/mol. The standard InChI is InChI=1S/C12H20N4O/c1-16(12-9-14-8-11(13)15-12)6-5-10-4-2-3-7-17-10/h8-10H,2-7H2,1H3,(H2,13,15). The van der Waals surface area contributed by atoms with E-state index in [1.807, 2.05) is 7.05 Å². The predicted octanol–water partition coefficient (Wildman–Crippen LogP) is 1.45. The van der Waals surface area contributed by atoms with Gasteiger partial charge >= 0.3 is 0 Å². The SMILES string of the molecule is CN(CCC1CCCCO1)c1cncc(N)n1. The molecule has 0 saturated carbocycles. The van der Waals surface area contributed by atoms with Crippen LogP contribution in [0.3, 0.4) is 0 Å². The van der Waals surface area contributed by atoms with E-state index in [0.29, 0.717) is 11.9 Å². The zero-order chi connectivity index (χ0) is 12.1. The summed E-state index contributed by atoms with van der Waals surface area (Å²) in [6.45, 7) is 1.83. The van der Waals surface area contributed by atoms with Crippen LogP contribution in [0.25, 0.3) is 0 Å². The van der Waals surface area contributed by atoms with Crippen molar-refractivity contribution < 1.29 is 4.74 Å². The lowest BCUT2D eigenvalue weighted by Crippen LogP contribution is -2.27. The molecule has 1 aliphatic heterocycles. The van der Waals surface area contributed by atoms with Crippen LogP contribution in [-0.2, 0) is 4.74 Å². The van der Waals surface area contributed by atoms with Gasteiger partial charge in [-0.1, -0.05) is 0 Å². The highest BCUT2D eigenvalue weighted by molar-refractivity contribution is 5.40. The lowest BCUT2D eigenvalue weighted by atomic mass is 10.1. The molecule has 1 saturated heterocycles. The Morgan fingerprint density at radius 1 is 1.47 bits per heavy atom. The highest BCUT2D eigenvalue weighted by Crippen LogP contribution is 2.17. The van der Waals surface area contributed by atoms with Crippen molar-refractivity contribution in [3.8, 4) is 0 Å². The molecular formula is C12H20N4O. The normalized spacial score (nSPS) is 20.2. The third-order valence-corrected chi connectivity index (χ3v) is 3.09. The number of nitrogen functional groups attached to an aromatic ring is 1. The molecule has 0 amide bonds. The molecule has 5 nitrogen and oxygen atoms in total. The summed E-state index contributed by atoms with van der Waals surface area (Å²) in [4.78, 5) is 10.3. The fraction of sp³-hybridized carbons (Fsp3) is 0.667. The van der Waals surface area contributed by atoms with Crippen molar-refractivity contribution in [3.05, 3.63) is 12.4 Å². The molecule has 0 aromatic carbocycles. The molecule has 0 radical (unpaired) electrons. The summed E-state index contributed by atoms with van der Waals surface area (Å²) in [7, 11) is 2.01. The van der Waals surface area contributed by atoms with Gasteiger partial charge in [0.15, 0.2) is 0 Å². The summed E-state index contributed by atoms with van der Waals surface area (Å²) in [6.07, 6.45) is 8.39. The third kappa shape index (κ3) is 3.56. The van der Waals surface area contributed by atoms with E-state index >= 15 is 0 Å². The van der Waals surface area contributed by atoms with E-state index in [1.54, 1.807) is 12.4 Å². The Morgan fingerprint density at radius 2 is 2.35 bits per heavy atom. The fourth-order valence-corrected chi connectivity index (χ4v) is 2.04. The van der Waals surface area contributed by atoms with Crippen LogP contribution >= 0.6 is 0 Å². The van der Waals surface area contributed by atoms with Crippen LogP contribution in [0.1, 0.15) is 25.7 Å². The van der Waals surface area contributed by atoms with Crippen molar-refractivity contribution in [2.75, 3.05) is 30.8 Å². The molecule has 5 heteroatoms. The molecule has 1 aromatic heterocycles. The Labute approximate surface area is 102 Å². The molecule has 2 rings (SSSR count). The van der Waals surface area contributed by atoms with Gasteiger partial charge in [-0.15, -0.1) is 0 Å². The van der Waals surface area contributed by atoms with Gasteiger partial charge in [0.1, 0.15) is 11.6 Å². The Hall–Kier alpha value is -1.36. The largest absolute Gasteiger partial charge is 0.382 e. The van der Waals surface area contributed by atoms with E-state index in [-0.39, 0.29) is 0 Å². The van der Waals surface area contributed by atoms with Crippen LogP contribution < -0.4 is 10.6 Å². The quantitative estimate of drug-likeness (QED) is 0.857. The highest BCUT2D eigenvalue weighted by atomic mass is 16.5. The minimum Gasteiger partial charge on any atom is -0.382 e. The number of nitrogens with zero attached hydrogens (tertiary/aromatic N) is 3. The van der Waals surface area contributed by atoms with Crippen LogP contribution in [-0.4, -0.2) is 36.3 Å². The Balaban J connectivity index is 1.82. The lowest BCUT2D eigenvalue weighted by Gasteiger charge is -2.25. The van der Waals surface area contributed by atoms with E-state index in [4.69, 9.17) is 10.5 Å². The van der Waals surface area contributed by atoms with Gasteiger partial charge in [0.05, 0.1) is 18.5 Å². The highest BCUT2D eigenvalue weighted by Gasteiger charge is 2.14. The third-order valence-electron chi connectivity index (χ3n) is 3.09. The van der Waals surface area contributed by atoms with E-state index in [0.717, 1.165) is 25.4 Å². The first-order chi connectivity index (χ1) is 8.25. The Morgan fingerprint density at radius 3 is 3.06 bits per heavy atom. The van der Waals surface area contributed by atoms with Gasteiger partial charge in [-0.05, 0) is 25.7 Å². The van der Waals surface area contributed by atoms with Gasteiger partial charge in [-0.3, -0.25) is 4.98 Å². The second-order valence-electron chi connectivity index (χ2n) is 4.50. The maximum Gasteiger partial charge on any atom is 0.149 e. The van der Waals surface area contributed by atoms with Gasteiger partial charge < -0.3 is 15.4 Å². The number of anilines is 2. The molecule has 2 heterocycles. The molecule has 0 spiro atoms. The van der Waals surface area contributed by atoms with Crippen molar-refractivity contribution in [1.82, 2.24) is 9.97 Å². The minimum absolute atomic E-state index is 0.403. The van der Waals surface area contributed by atoms with Crippen molar-refractivity contribution in [2.24, 2.45) is 0 Å². The van der Waals surface area contributed by atoms with Gasteiger partial charge in [0.25, 0.3) is 0 Å². The summed E-state index contributed by atoms with van der Waals surface area (Å²) in [5, 5.41) is 0. The van der Waals surface area contributed by atoms with Gasteiger partial charge in [-0.2, -0.15) is 0 Å². The number of hydrogen-bond donors (Lipinski definition) is 1. The Bertz CT molecular complexity index is 352. The molecular weight excluding hydrogens is 216 g/mol. The second-order valence-corrected chi connectivity index (χ2v) is 4.50. The Kier molecular flexibility index (Phi) is 4.14. The van der Waals surface area contributed by atoms with Crippen molar-refractivity contribution in [2.45, 2.75) is 31.8 Å². The predicted molar refractivity (Wildman–Crippen MR) is 67.9 cm³/mol. The second kappa shape index (κ2) is 5.82. The molecule has 94 valence electrons. The van der Waals surface area contributed by atoms with E-state index < -0.39 is 0 Å². The van der Waals surface area contributed by atoms with E-state index in [9.17, 15) is 0 Å². The molecule has 1 unspecified atom stereocenters. The van der Waals surface area contributed by atoms with Crippen LogP contribution in [0.15, 0.2) is 12.4 Å². The molecule has 1 aliphatic rings. The van der Waals surface area contributed by atoms with E-state index in [2.05, 4.69) is 14.9 Å². The van der Waals surface area contributed by atoms with Crippen LogP contribution in [0, 0.1) is 0 Å². The molecule has 1 atom stereocenters. The average molecular weight is 236 g/mol. The molecule has 17 heavy (non-hydrogen) atoms. The van der Waals surface area contributed by atoms with Crippen LogP contribution in [0.2, 0.25) is 0 Å². The fourth-order valence-electron chi connectivity index (χ4n) is 2.04. The summed E-state index contributed by atoms with van der Waals surface area (Å²) in [5.74, 6) is 1.28. The van der Waals surface area contributed by atoms with Crippen molar-refractivity contribution in [1.29, 1.82) is 0 Å². The van der Waals surface area contributed by atoms with Crippen molar-refractivity contribution in [3.63, 3.8) is 0 Å². The van der Waals surface area contributed by atoms with Crippen LogP contribution in [0.4, 0.5) is 11.6 Å². The summed E-state index contributed by atoms with van der Waals surface area (Å²) >= 11 is 0. The lowest BCUT2D eigenvalue weighted by molar-refractivity contribution is 0.0126. The van der Waals surface area contributed by atoms with Gasteiger partial charge in [0, 0.05) is 20.2 Å². The molecule has 2 N–H and O–H groups in total. The van der Waals surface area contributed by atoms with Gasteiger partial charge in [-0.25, -0.2) is 4.98 Å². The molecule has 0 bridgehead atoms. The summed E-state index contributed by atoms with van der Waals surface area (Å²) in [6, 6.07) is 0. The summed E-state index contributed by atoms with van der Waals surface area (Å²) < 4.78 is 5.70. The zero-order valence-electron chi connectivity index (χ0n) is 10.3. The minimum atomic E-state index is 0.403. The molecule has 1 fully saturated rings. The maximum atomic E-state index is 5.70. The first-order valence-electron chi connectivity index (χ1n) is 6.16. The van der Waals surface area contributed by atoms with E-state index in [1.165, 1.54) is 19.3 Å². The average Bonchev–Trinajstić information content (AvgIpc) is 2.37. The number of ether oxygens (including phenoxy) is 1. The van der Waals surface area contributed by atoms with Gasteiger partial charge in [0.2, 0.25) is 0 Å².